The van der Waals surface area contributed by atoms with E-state index in [-0.39, 0.29) is 17.6 Å². The van der Waals surface area contributed by atoms with Gasteiger partial charge in [0.2, 0.25) is 0 Å². The number of hydrogen-bond acceptors (Lipinski definition) is 6. The van der Waals surface area contributed by atoms with Crippen molar-refractivity contribution in [1.82, 2.24) is 14.1 Å². The third-order valence-electron chi connectivity index (χ3n) is 4.42. The van der Waals surface area contributed by atoms with Crippen molar-refractivity contribution in [2.45, 2.75) is 38.5 Å². The van der Waals surface area contributed by atoms with Crippen molar-refractivity contribution in [1.29, 1.82) is 0 Å². The molecule has 0 amide bonds. The Kier molecular flexibility index (Phi) is 3.38. The van der Waals surface area contributed by atoms with Gasteiger partial charge in [0, 0.05) is 11.5 Å². The van der Waals surface area contributed by atoms with Crippen LogP contribution >= 0.6 is 0 Å². The molecule has 0 spiro atoms. The topological polar surface area (TPSA) is 105 Å². The number of aromatic nitrogens is 3. The summed E-state index contributed by atoms with van der Waals surface area (Å²) in [6.07, 6.45) is 2.76. The van der Waals surface area contributed by atoms with E-state index in [1.54, 1.807) is 15.2 Å². The fourth-order valence-electron chi connectivity index (χ4n) is 3.25. The van der Waals surface area contributed by atoms with E-state index in [4.69, 9.17) is 9.15 Å². The Morgan fingerprint density at radius 1 is 1.40 bits per heavy atom. The molecule has 9 heteroatoms. The molecule has 3 heterocycles. The van der Waals surface area contributed by atoms with E-state index in [1.165, 1.54) is 6.20 Å². The van der Waals surface area contributed by atoms with Gasteiger partial charge in [0.25, 0.3) is 0 Å². The summed E-state index contributed by atoms with van der Waals surface area (Å²) < 4.78 is 14.3. The van der Waals surface area contributed by atoms with Gasteiger partial charge in [-0.2, -0.15) is 0 Å². The fourth-order valence-corrected chi connectivity index (χ4v) is 3.25. The largest absolute Gasteiger partial charge is 0.438 e. The third-order valence-corrected chi connectivity index (χ3v) is 4.42. The minimum Gasteiger partial charge on any atom is -0.438 e. The molecule has 0 N–H and O–H groups in total. The van der Waals surface area contributed by atoms with Crippen molar-refractivity contribution in [3.8, 4) is 6.01 Å². The fraction of sp³-hybridized carbons (Fsp3) is 0.375. The molecule has 0 saturated heterocycles. The lowest BCUT2D eigenvalue weighted by molar-refractivity contribution is -0.389. The summed E-state index contributed by atoms with van der Waals surface area (Å²) in [6, 6.07) is 7.56. The number of para-hydroxylation sites is 2. The summed E-state index contributed by atoms with van der Waals surface area (Å²) in [4.78, 5) is 26.0. The number of aryl methyl sites for hydroxylation is 1. The van der Waals surface area contributed by atoms with E-state index in [2.05, 4.69) is 4.98 Å². The van der Waals surface area contributed by atoms with Crippen molar-refractivity contribution in [2.24, 2.45) is 0 Å². The number of benzene rings is 1. The lowest BCUT2D eigenvalue weighted by Crippen LogP contribution is -2.32. The van der Waals surface area contributed by atoms with Crippen molar-refractivity contribution >= 4 is 16.9 Å². The first-order valence-electron chi connectivity index (χ1n) is 7.94. The maximum Gasteiger partial charge on any atom is 0.419 e. The molecular weight excluding hydrogens is 328 g/mol. The Labute approximate surface area is 141 Å². The minimum absolute atomic E-state index is 0.214. The monoisotopic (exact) mass is 344 g/mol. The highest BCUT2D eigenvalue weighted by Gasteiger charge is 2.39. The van der Waals surface area contributed by atoms with Crippen LogP contribution in [0.4, 0.5) is 5.82 Å². The maximum absolute atomic E-state index is 12.0. The summed E-state index contributed by atoms with van der Waals surface area (Å²) in [6.45, 7) is 2.94. The van der Waals surface area contributed by atoms with E-state index in [0.29, 0.717) is 31.5 Å². The zero-order valence-corrected chi connectivity index (χ0v) is 13.5. The van der Waals surface area contributed by atoms with Gasteiger partial charge in [-0.3, -0.25) is 9.13 Å². The third kappa shape index (κ3) is 2.67. The van der Waals surface area contributed by atoms with Gasteiger partial charge < -0.3 is 19.3 Å². The van der Waals surface area contributed by atoms with Crippen LogP contribution < -0.4 is 10.5 Å². The van der Waals surface area contributed by atoms with Crippen LogP contribution in [0.5, 0.6) is 6.01 Å². The quantitative estimate of drug-likeness (QED) is 0.519. The van der Waals surface area contributed by atoms with Gasteiger partial charge in [-0.15, -0.1) is 0 Å². The van der Waals surface area contributed by atoms with Gasteiger partial charge >= 0.3 is 17.6 Å². The van der Waals surface area contributed by atoms with Crippen LogP contribution in [0.15, 0.2) is 39.7 Å². The molecule has 3 aromatic rings. The number of ether oxygens (including phenoxy) is 1. The number of hydrogen-bond donors (Lipinski definition) is 0. The Morgan fingerprint density at radius 3 is 2.96 bits per heavy atom. The van der Waals surface area contributed by atoms with E-state index in [1.807, 2.05) is 25.1 Å². The minimum atomic E-state index is -0.539. The molecule has 1 atom stereocenters. The van der Waals surface area contributed by atoms with Crippen LogP contribution in [0.2, 0.25) is 0 Å². The summed E-state index contributed by atoms with van der Waals surface area (Å²) in [5.74, 6) is -0.587. The number of oxazole rings is 1. The Morgan fingerprint density at radius 2 is 2.20 bits per heavy atom. The molecule has 0 saturated carbocycles. The Balaban J connectivity index is 1.43. The second-order valence-electron chi connectivity index (χ2n) is 6.41. The van der Waals surface area contributed by atoms with Crippen LogP contribution in [0.1, 0.15) is 19.8 Å². The van der Waals surface area contributed by atoms with E-state index >= 15 is 0 Å². The highest BCUT2D eigenvalue weighted by Crippen LogP contribution is 2.33. The molecule has 1 aliphatic rings. The molecule has 1 aliphatic heterocycles. The molecule has 0 aliphatic carbocycles. The normalized spacial score (nSPS) is 19.1. The maximum atomic E-state index is 12.0. The van der Waals surface area contributed by atoms with Crippen LogP contribution in [-0.2, 0) is 13.1 Å². The second-order valence-corrected chi connectivity index (χ2v) is 6.41. The second kappa shape index (κ2) is 5.47. The smallest absolute Gasteiger partial charge is 0.419 e. The molecule has 0 bridgehead atoms. The van der Waals surface area contributed by atoms with Crippen molar-refractivity contribution in [2.75, 3.05) is 0 Å². The van der Waals surface area contributed by atoms with Crippen molar-refractivity contribution < 1.29 is 14.1 Å². The van der Waals surface area contributed by atoms with Gasteiger partial charge in [-0.05, 0) is 36.8 Å². The number of rotatable bonds is 5. The first kappa shape index (κ1) is 15.4. The number of nitrogens with zero attached hydrogens (tertiary/aromatic N) is 4. The lowest BCUT2D eigenvalue weighted by atomic mass is 10.0. The zero-order valence-electron chi connectivity index (χ0n) is 13.5. The van der Waals surface area contributed by atoms with Crippen LogP contribution in [-0.4, -0.2) is 24.6 Å². The molecule has 2 aromatic heterocycles. The number of fused-ring (bicyclic) bond motifs is 2. The molecule has 0 fully saturated rings. The highest BCUT2D eigenvalue weighted by molar-refractivity contribution is 5.72. The average Bonchev–Trinajstić information content (AvgIpc) is 3.17. The van der Waals surface area contributed by atoms with Gasteiger partial charge in [-0.1, -0.05) is 12.1 Å². The summed E-state index contributed by atoms with van der Waals surface area (Å²) >= 11 is 0. The van der Waals surface area contributed by atoms with Gasteiger partial charge in [-0.25, -0.2) is 4.79 Å². The van der Waals surface area contributed by atoms with E-state index < -0.39 is 10.5 Å². The van der Waals surface area contributed by atoms with Crippen molar-refractivity contribution in [3.05, 3.63) is 51.1 Å². The van der Waals surface area contributed by atoms with E-state index in [0.717, 1.165) is 5.52 Å². The molecule has 25 heavy (non-hydrogen) atoms. The number of imidazole rings is 1. The molecule has 9 nitrogen and oxygen atoms in total. The predicted octanol–water partition coefficient (Wildman–Crippen LogP) is 2.33. The predicted molar refractivity (Wildman–Crippen MR) is 87.6 cm³/mol. The lowest BCUT2D eigenvalue weighted by Gasteiger charge is -2.21. The molecule has 0 radical (unpaired) electrons. The number of nitro groups is 1. The molecule has 1 aromatic carbocycles. The van der Waals surface area contributed by atoms with Crippen LogP contribution in [0, 0.1) is 10.1 Å². The van der Waals surface area contributed by atoms with Crippen LogP contribution in [0.25, 0.3) is 11.1 Å². The standard InChI is InChI=1S/C16H16N4O5/c1-16(10-18-9-13(20(22)23)17-14(18)25-16)7-4-8-19-11-5-2-3-6-12(11)24-15(19)21/h2-3,5-6,9H,4,7-8,10H2,1H3. The first-order chi connectivity index (χ1) is 12.0. The van der Waals surface area contributed by atoms with Crippen molar-refractivity contribution in [3.63, 3.8) is 0 Å². The Hall–Kier alpha value is -3.10. The summed E-state index contributed by atoms with van der Waals surface area (Å²) in [5.41, 5.74) is 0.845. The van der Waals surface area contributed by atoms with Gasteiger partial charge in [0.15, 0.2) is 5.58 Å². The zero-order chi connectivity index (χ0) is 17.6. The van der Waals surface area contributed by atoms with Gasteiger partial charge in [0.05, 0.1) is 12.1 Å². The van der Waals surface area contributed by atoms with Crippen LogP contribution in [0.3, 0.4) is 0 Å². The Bertz CT molecular complexity index is 992. The van der Waals surface area contributed by atoms with Gasteiger partial charge in [0.1, 0.15) is 11.8 Å². The average molecular weight is 344 g/mol. The molecule has 130 valence electrons. The summed E-state index contributed by atoms with van der Waals surface area (Å²) in [5, 5.41) is 10.7. The molecule has 4 rings (SSSR count). The summed E-state index contributed by atoms with van der Waals surface area (Å²) in [7, 11) is 0. The molecular formula is C16H16N4O5. The highest BCUT2D eigenvalue weighted by atomic mass is 16.6. The molecule has 1 unspecified atom stereocenters. The van der Waals surface area contributed by atoms with E-state index in [9.17, 15) is 14.9 Å². The SMILES string of the molecule is CC1(CCCn2c(=O)oc3ccccc32)Cn2cc([N+](=O)[O-])nc2O1. The first-order valence-corrected chi connectivity index (χ1v) is 7.94.